The van der Waals surface area contributed by atoms with Crippen LogP contribution in [0.4, 0.5) is 0 Å². The van der Waals surface area contributed by atoms with Gasteiger partial charge in [-0.3, -0.25) is 0 Å². The molecule has 2 aliphatic heterocycles. The van der Waals surface area contributed by atoms with E-state index in [1.165, 1.54) is 66.1 Å². The molecular weight excluding hydrogens is 927 g/mol. The Kier molecular flexibility index (Phi) is 18.0. The Bertz CT molecular complexity index is 2310. The van der Waals surface area contributed by atoms with Gasteiger partial charge < -0.3 is 43.8 Å². The fourth-order valence-corrected chi connectivity index (χ4v) is 8.76. The van der Waals surface area contributed by atoms with Crippen molar-refractivity contribution in [1.82, 2.24) is 0 Å². The number of hydrogen-bond donors (Lipinski definition) is 0. The SMILES string of the molecule is CC1(Cc2cc3c(-c4ccccc4C(C)(C)C)cccc3[cH-]2)COC(C)(C)OC1.CC1(Cc2cc3c(-c4ccccc4C(C)(C)C)cccc3[cH-]2)COC(C)(C)OC1.C[Si](C)=[Zr+2].[Cl-].[Cl-]. The Hall–Kier alpha value is -2.38. The topological polar surface area (TPSA) is 36.9 Å². The van der Waals surface area contributed by atoms with E-state index in [1.54, 1.807) is 23.3 Å². The minimum absolute atomic E-state index is 0. The van der Waals surface area contributed by atoms with Gasteiger partial charge in [0.15, 0.2) is 11.6 Å². The van der Waals surface area contributed by atoms with Gasteiger partial charge in [-0.1, -0.05) is 127 Å². The average molecular weight is 999 g/mol. The first kappa shape index (κ1) is 54.2. The van der Waals surface area contributed by atoms with Gasteiger partial charge in [0.2, 0.25) is 0 Å². The van der Waals surface area contributed by atoms with Crippen LogP contribution in [0.15, 0.2) is 109 Å². The summed E-state index contributed by atoms with van der Waals surface area (Å²) in [5.41, 5.74) is 11.2. The molecule has 8 rings (SSSR count). The second-order valence-corrected chi connectivity index (χ2v) is 31.2. The van der Waals surface area contributed by atoms with Gasteiger partial charge in [0, 0.05) is 10.8 Å². The Morgan fingerprint density at radius 2 is 0.797 bits per heavy atom. The van der Waals surface area contributed by atoms with E-state index < -0.39 is 11.6 Å². The van der Waals surface area contributed by atoms with Crippen molar-refractivity contribution >= 4 is 27.0 Å². The van der Waals surface area contributed by atoms with Crippen LogP contribution in [0.2, 0.25) is 13.1 Å². The smallest absolute Gasteiger partial charge is 1.00 e. The summed E-state index contributed by atoms with van der Waals surface area (Å²) >= 11 is 1.74. The van der Waals surface area contributed by atoms with Crippen molar-refractivity contribution in [2.75, 3.05) is 26.4 Å². The molecule has 6 aromatic rings. The van der Waals surface area contributed by atoms with E-state index in [9.17, 15) is 0 Å². The van der Waals surface area contributed by atoms with Gasteiger partial charge >= 0.3 is 41.9 Å². The molecule has 344 valence electrons. The molecule has 2 saturated heterocycles. The standard InChI is InChI=1S/2C27H33O2.C2H6Si.2ClH.Zr/c2*1-25(2,3)24-13-8-7-11-22(24)21-12-9-10-20-14-19(15-23(20)21)16-27(6)17-28-26(4,5)29-18-27;1-3-2;;;/h2*7-15H,16-18H2,1-6H3;1-2H3;2*1H;/q2*-1;;;;+2/p-2. The third-order valence-electron chi connectivity index (χ3n) is 12.0. The largest absolute Gasteiger partial charge is 1.00 e. The monoisotopic (exact) mass is 996 g/mol. The molecule has 0 amide bonds. The molecule has 8 heteroatoms. The third-order valence-corrected chi connectivity index (χ3v) is 12.0. The van der Waals surface area contributed by atoms with Crippen molar-refractivity contribution in [3.05, 3.63) is 131 Å². The molecule has 2 aliphatic rings. The molecule has 0 atom stereocenters. The molecule has 2 fully saturated rings. The molecule has 0 bridgehead atoms. The van der Waals surface area contributed by atoms with Crippen molar-refractivity contribution in [3.63, 3.8) is 0 Å². The van der Waals surface area contributed by atoms with Crippen LogP contribution in [0, 0.1) is 10.8 Å². The number of fused-ring (bicyclic) bond motifs is 2. The fraction of sp³-hybridized carbons (Fsp3) is 0.464. The maximum atomic E-state index is 5.95. The summed E-state index contributed by atoms with van der Waals surface area (Å²) in [5.74, 6) is -0.944. The molecule has 64 heavy (non-hydrogen) atoms. The van der Waals surface area contributed by atoms with E-state index in [4.69, 9.17) is 18.9 Å². The molecule has 0 spiro atoms. The zero-order valence-corrected chi connectivity index (χ0v) is 46.0. The van der Waals surface area contributed by atoms with Crippen molar-refractivity contribution in [2.24, 2.45) is 10.8 Å². The predicted molar refractivity (Wildman–Crippen MR) is 260 cm³/mol. The molecule has 4 nitrogen and oxygen atoms in total. The van der Waals surface area contributed by atoms with Gasteiger partial charge in [-0.15, -0.1) is 69.1 Å². The zero-order valence-electron chi connectivity index (χ0n) is 41.0. The van der Waals surface area contributed by atoms with Gasteiger partial charge in [0.25, 0.3) is 0 Å². The van der Waals surface area contributed by atoms with E-state index in [1.807, 2.05) is 27.7 Å². The molecule has 0 aromatic heterocycles. The molecule has 0 unspecified atom stereocenters. The van der Waals surface area contributed by atoms with Crippen LogP contribution >= 0.6 is 0 Å². The molecule has 0 aliphatic carbocycles. The van der Waals surface area contributed by atoms with Gasteiger partial charge in [0.1, 0.15) is 0 Å². The van der Waals surface area contributed by atoms with Crippen molar-refractivity contribution in [1.29, 1.82) is 0 Å². The third kappa shape index (κ3) is 13.9. The first-order valence-corrected chi connectivity index (χ1v) is 28.7. The van der Waals surface area contributed by atoms with Crippen LogP contribution in [0.3, 0.4) is 0 Å². The van der Waals surface area contributed by atoms with Gasteiger partial charge in [-0.25, -0.2) is 0 Å². The number of ether oxygens (including phenoxy) is 4. The zero-order chi connectivity index (χ0) is 45.3. The van der Waals surface area contributed by atoms with Crippen LogP contribution in [0.25, 0.3) is 43.8 Å². The average Bonchev–Trinajstić information content (AvgIpc) is 3.80. The second kappa shape index (κ2) is 21.3. The number of hydrogen-bond acceptors (Lipinski definition) is 4. The Morgan fingerprint density at radius 1 is 0.500 bits per heavy atom. The molecule has 0 saturated carbocycles. The van der Waals surface area contributed by atoms with E-state index in [0.29, 0.717) is 0 Å². The summed E-state index contributed by atoms with van der Waals surface area (Å²) in [5, 5.41) is 5.28. The van der Waals surface area contributed by atoms with E-state index in [2.05, 4.69) is 178 Å². The molecule has 0 N–H and O–H groups in total. The second-order valence-electron chi connectivity index (χ2n) is 21.9. The molecule has 0 radical (unpaired) electrons. The minimum atomic E-state index is -0.472. The van der Waals surface area contributed by atoms with Crippen molar-refractivity contribution < 1.29 is 67.1 Å². The summed E-state index contributed by atoms with van der Waals surface area (Å²) in [6.07, 6.45) is 1.91. The van der Waals surface area contributed by atoms with Gasteiger partial charge in [0.05, 0.1) is 26.4 Å². The summed E-state index contributed by atoms with van der Waals surface area (Å²) < 4.78 is 23.8. The predicted octanol–water partition coefficient (Wildman–Crippen LogP) is 8.50. The van der Waals surface area contributed by atoms with E-state index >= 15 is 0 Å². The fourth-order valence-electron chi connectivity index (χ4n) is 8.76. The summed E-state index contributed by atoms with van der Waals surface area (Å²) in [6.45, 7) is 33.7. The van der Waals surface area contributed by atoms with Crippen LogP contribution < -0.4 is 24.8 Å². The Balaban J connectivity index is 0.000000252. The van der Waals surface area contributed by atoms with Crippen LogP contribution in [-0.2, 0) is 66.0 Å². The van der Waals surface area contributed by atoms with E-state index in [0.717, 1.165) is 39.3 Å². The van der Waals surface area contributed by atoms with Crippen molar-refractivity contribution in [2.45, 2.75) is 131 Å². The van der Waals surface area contributed by atoms with E-state index in [-0.39, 0.29) is 51.9 Å². The Labute approximate surface area is 413 Å². The number of halogens is 2. The molecule has 6 aromatic carbocycles. The maximum Gasteiger partial charge on any atom is -1.00 e. The Morgan fingerprint density at radius 3 is 1.11 bits per heavy atom. The van der Waals surface area contributed by atoms with Crippen molar-refractivity contribution in [3.8, 4) is 22.3 Å². The quantitative estimate of drug-likeness (QED) is 0.124. The summed E-state index contributed by atoms with van der Waals surface area (Å²) in [4.78, 5) is 0. The number of benzene rings is 4. The van der Waals surface area contributed by atoms with Gasteiger partial charge in [-0.2, -0.15) is 12.1 Å². The first-order chi connectivity index (χ1) is 28.9. The molecule has 2 heterocycles. The summed E-state index contributed by atoms with van der Waals surface area (Å²) in [7, 11) is 0. The first-order valence-electron chi connectivity index (χ1n) is 22.5. The van der Waals surface area contributed by atoms with Gasteiger partial charge in [-0.05, 0) is 73.6 Å². The normalized spacial score (nSPS) is 17.5. The van der Waals surface area contributed by atoms with Crippen LogP contribution in [0.1, 0.15) is 105 Å². The molecular formula is C56H72Cl2O4SiZr-2. The maximum absolute atomic E-state index is 5.95. The summed E-state index contributed by atoms with van der Waals surface area (Å²) in [6, 6.07) is 40.4. The van der Waals surface area contributed by atoms with Crippen LogP contribution in [0.5, 0.6) is 0 Å². The van der Waals surface area contributed by atoms with Crippen LogP contribution in [-0.4, -0.2) is 43.4 Å². The minimum Gasteiger partial charge on any atom is -1.00 e. The number of rotatable bonds is 6.